The molecule has 1 aliphatic rings. The summed E-state index contributed by atoms with van der Waals surface area (Å²) in [5.41, 5.74) is 1.43. The Hall–Kier alpha value is -2.10. The van der Waals surface area contributed by atoms with Crippen LogP contribution in [0.15, 0.2) is 18.2 Å². The molecule has 0 aromatic heterocycles. The Balaban J connectivity index is 2.06. The third-order valence-corrected chi connectivity index (χ3v) is 3.22. The molecule has 0 spiro atoms. The summed E-state index contributed by atoms with van der Waals surface area (Å²) in [6.07, 6.45) is -0.780. The van der Waals surface area contributed by atoms with E-state index in [4.69, 9.17) is 19.8 Å². The molecule has 6 heteroatoms. The quantitative estimate of drug-likeness (QED) is 0.878. The summed E-state index contributed by atoms with van der Waals surface area (Å²) in [4.78, 5) is 12.9. The maximum absolute atomic E-state index is 10.9. The largest absolute Gasteiger partial charge is 0.495 e. The summed E-state index contributed by atoms with van der Waals surface area (Å²) in [6.45, 7) is 2.02. The van der Waals surface area contributed by atoms with Gasteiger partial charge in [-0.3, -0.25) is 4.90 Å². The molecule has 0 radical (unpaired) electrons. The smallest absolute Gasteiger partial charge is 0.334 e. The second-order valence-corrected chi connectivity index (χ2v) is 4.58. The van der Waals surface area contributed by atoms with Crippen LogP contribution in [0.1, 0.15) is 11.1 Å². The van der Waals surface area contributed by atoms with Crippen LogP contribution in [0.3, 0.4) is 0 Å². The number of carboxylic acid groups (broad SMARTS) is 1. The van der Waals surface area contributed by atoms with Crippen LogP contribution in [0.4, 0.5) is 0 Å². The fourth-order valence-corrected chi connectivity index (χ4v) is 2.19. The third-order valence-electron chi connectivity index (χ3n) is 3.22. The lowest BCUT2D eigenvalue weighted by Crippen LogP contribution is -2.45. The van der Waals surface area contributed by atoms with Crippen molar-refractivity contribution in [1.29, 1.82) is 5.26 Å². The molecular weight excluding hydrogens is 260 g/mol. The lowest BCUT2D eigenvalue weighted by Gasteiger charge is -2.30. The summed E-state index contributed by atoms with van der Waals surface area (Å²) in [5, 5.41) is 18.0. The number of rotatable bonds is 4. The molecule has 0 bridgehead atoms. The highest BCUT2D eigenvalue weighted by Crippen LogP contribution is 2.20. The second kappa shape index (κ2) is 6.37. The number of ether oxygens (including phenoxy) is 2. The molecule has 1 saturated heterocycles. The fourth-order valence-electron chi connectivity index (χ4n) is 2.19. The van der Waals surface area contributed by atoms with Gasteiger partial charge in [0.1, 0.15) is 11.8 Å². The van der Waals surface area contributed by atoms with Crippen LogP contribution in [0.5, 0.6) is 5.75 Å². The first-order valence-corrected chi connectivity index (χ1v) is 6.28. The molecule has 2 rings (SSSR count). The van der Waals surface area contributed by atoms with Gasteiger partial charge >= 0.3 is 5.97 Å². The van der Waals surface area contributed by atoms with Gasteiger partial charge < -0.3 is 14.6 Å². The molecule has 1 atom stereocenters. The number of carbonyl (C=O) groups is 1. The van der Waals surface area contributed by atoms with E-state index in [1.165, 1.54) is 7.11 Å². The van der Waals surface area contributed by atoms with E-state index in [1.807, 2.05) is 11.0 Å². The molecule has 20 heavy (non-hydrogen) atoms. The average Bonchev–Trinajstić information content (AvgIpc) is 2.47. The van der Waals surface area contributed by atoms with Crippen LogP contribution in [0.2, 0.25) is 0 Å². The number of benzene rings is 1. The van der Waals surface area contributed by atoms with E-state index < -0.39 is 12.1 Å². The van der Waals surface area contributed by atoms with Crippen molar-refractivity contribution in [3.8, 4) is 11.8 Å². The predicted octanol–water partition coefficient (Wildman–Crippen LogP) is 0.852. The second-order valence-electron chi connectivity index (χ2n) is 4.58. The first-order valence-electron chi connectivity index (χ1n) is 6.28. The minimum Gasteiger partial charge on any atom is -0.495 e. The van der Waals surface area contributed by atoms with Crippen LogP contribution in [0, 0.1) is 11.3 Å². The maximum Gasteiger partial charge on any atom is 0.334 e. The lowest BCUT2D eigenvalue weighted by molar-refractivity contribution is -0.156. The van der Waals surface area contributed by atoms with Crippen molar-refractivity contribution >= 4 is 5.97 Å². The Labute approximate surface area is 117 Å². The van der Waals surface area contributed by atoms with Gasteiger partial charge in [0.15, 0.2) is 6.10 Å². The molecule has 1 aromatic carbocycles. The highest BCUT2D eigenvalue weighted by atomic mass is 16.5. The molecule has 0 aliphatic carbocycles. The van der Waals surface area contributed by atoms with E-state index in [-0.39, 0.29) is 0 Å². The number of hydrogen-bond donors (Lipinski definition) is 1. The van der Waals surface area contributed by atoms with E-state index in [1.54, 1.807) is 12.1 Å². The summed E-state index contributed by atoms with van der Waals surface area (Å²) in [7, 11) is 1.52. The average molecular weight is 276 g/mol. The highest BCUT2D eigenvalue weighted by Gasteiger charge is 2.26. The van der Waals surface area contributed by atoms with Crippen molar-refractivity contribution in [1.82, 2.24) is 4.90 Å². The number of carboxylic acids is 1. The monoisotopic (exact) mass is 276 g/mol. The molecule has 6 nitrogen and oxygen atoms in total. The van der Waals surface area contributed by atoms with Gasteiger partial charge in [0, 0.05) is 19.6 Å². The zero-order valence-electron chi connectivity index (χ0n) is 11.2. The predicted molar refractivity (Wildman–Crippen MR) is 70.4 cm³/mol. The molecule has 0 saturated carbocycles. The van der Waals surface area contributed by atoms with Gasteiger partial charge in [-0.1, -0.05) is 6.07 Å². The van der Waals surface area contributed by atoms with Crippen molar-refractivity contribution in [3.05, 3.63) is 29.3 Å². The van der Waals surface area contributed by atoms with E-state index >= 15 is 0 Å². The molecular formula is C14H16N2O4. The summed E-state index contributed by atoms with van der Waals surface area (Å²) >= 11 is 0. The summed E-state index contributed by atoms with van der Waals surface area (Å²) in [6, 6.07) is 7.49. The van der Waals surface area contributed by atoms with E-state index in [0.717, 1.165) is 5.56 Å². The van der Waals surface area contributed by atoms with Gasteiger partial charge in [0.25, 0.3) is 0 Å². The molecule has 1 aliphatic heterocycles. The molecule has 0 amide bonds. The Morgan fingerprint density at radius 1 is 1.65 bits per heavy atom. The number of aliphatic carboxylic acids is 1. The number of morpholine rings is 1. The zero-order chi connectivity index (χ0) is 14.5. The molecule has 106 valence electrons. The van der Waals surface area contributed by atoms with Crippen molar-refractivity contribution in [2.24, 2.45) is 0 Å². The molecule has 1 heterocycles. The third kappa shape index (κ3) is 3.26. The normalized spacial score (nSPS) is 19.3. The Morgan fingerprint density at radius 3 is 3.10 bits per heavy atom. The molecule has 1 unspecified atom stereocenters. The molecule has 1 fully saturated rings. The first-order chi connectivity index (χ1) is 9.63. The number of hydrogen-bond acceptors (Lipinski definition) is 5. The van der Waals surface area contributed by atoms with Gasteiger partial charge in [0.05, 0.1) is 19.3 Å². The Kier molecular flexibility index (Phi) is 4.56. The fraction of sp³-hybridized carbons (Fsp3) is 0.429. The van der Waals surface area contributed by atoms with Crippen LogP contribution >= 0.6 is 0 Å². The SMILES string of the molecule is COc1ccc(CN2CCOC(C(=O)O)C2)cc1C#N. The molecule has 1 N–H and O–H groups in total. The van der Waals surface area contributed by atoms with Gasteiger partial charge in [0.2, 0.25) is 0 Å². The number of nitriles is 1. The number of methoxy groups -OCH3 is 1. The van der Waals surface area contributed by atoms with Crippen LogP contribution in [-0.2, 0) is 16.1 Å². The maximum atomic E-state index is 10.9. The van der Waals surface area contributed by atoms with Crippen molar-refractivity contribution in [2.75, 3.05) is 26.8 Å². The lowest BCUT2D eigenvalue weighted by atomic mass is 10.1. The van der Waals surface area contributed by atoms with E-state index in [9.17, 15) is 4.79 Å². The first kappa shape index (κ1) is 14.3. The summed E-state index contributed by atoms with van der Waals surface area (Å²) in [5.74, 6) is -0.399. The Bertz CT molecular complexity index is 538. The van der Waals surface area contributed by atoms with E-state index in [0.29, 0.717) is 37.6 Å². The van der Waals surface area contributed by atoms with Gasteiger partial charge in [-0.15, -0.1) is 0 Å². The van der Waals surface area contributed by atoms with Gasteiger partial charge in [-0.05, 0) is 17.7 Å². The minimum atomic E-state index is -0.942. The number of nitrogens with zero attached hydrogens (tertiary/aromatic N) is 2. The van der Waals surface area contributed by atoms with Crippen molar-refractivity contribution in [3.63, 3.8) is 0 Å². The van der Waals surface area contributed by atoms with E-state index in [2.05, 4.69) is 6.07 Å². The minimum absolute atomic E-state index is 0.350. The van der Waals surface area contributed by atoms with Crippen LogP contribution in [-0.4, -0.2) is 48.9 Å². The van der Waals surface area contributed by atoms with Gasteiger partial charge in [-0.25, -0.2) is 4.79 Å². The summed E-state index contributed by atoms with van der Waals surface area (Å²) < 4.78 is 10.3. The standard InChI is InChI=1S/C14H16N2O4/c1-19-12-3-2-10(6-11(12)7-15)8-16-4-5-20-13(9-16)14(17)18/h2-3,6,13H,4-5,8-9H2,1H3,(H,17,18). The zero-order valence-corrected chi connectivity index (χ0v) is 11.2. The van der Waals surface area contributed by atoms with Crippen LogP contribution in [0.25, 0.3) is 0 Å². The topological polar surface area (TPSA) is 82.8 Å². The Morgan fingerprint density at radius 2 is 2.45 bits per heavy atom. The van der Waals surface area contributed by atoms with Crippen molar-refractivity contribution < 1.29 is 19.4 Å². The van der Waals surface area contributed by atoms with Crippen LogP contribution < -0.4 is 4.74 Å². The van der Waals surface area contributed by atoms with Crippen molar-refractivity contribution in [2.45, 2.75) is 12.6 Å². The molecule has 1 aromatic rings. The van der Waals surface area contributed by atoms with Gasteiger partial charge in [-0.2, -0.15) is 5.26 Å². The highest BCUT2D eigenvalue weighted by molar-refractivity contribution is 5.72.